The van der Waals surface area contributed by atoms with Crippen LogP contribution in [0, 0.1) is 18.8 Å². The molecule has 1 aliphatic carbocycles. The summed E-state index contributed by atoms with van der Waals surface area (Å²) in [5.74, 6) is 1.69. The lowest BCUT2D eigenvalue weighted by Crippen LogP contribution is -2.32. The summed E-state index contributed by atoms with van der Waals surface area (Å²) >= 11 is 0. The molecule has 0 aliphatic heterocycles. The van der Waals surface area contributed by atoms with Crippen LogP contribution in [-0.4, -0.2) is 16.3 Å². The zero-order valence-corrected chi connectivity index (χ0v) is 12.2. The highest BCUT2D eigenvalue weighted by Gasteiger charge is 2.28. The molecule has 1 atom stereocenters. The zero-order valence-electron chi connectivity index (χ0n) is 12.2. The van der Waals surface area contributed by atoms with Crippen LogP contribution < -0.4 is 5.32 Å². The van der Waals surface area contributed by atoms with Crippen LogP contribution in [0.2, 0.25) is 0 Å². The minimum absolute atomic E-state index is 0.480. The van der Waals surface area contributed by atoms with Crippen molar-refractivity contribution in [3.05, 3.63) is 17.5 Å². The first-order chi connectivity index (χ1) is 8.61. The molecule has 1 aromatic heterocycles. The van der Waals surface area contributed by atoms with Gasteiger partial charge in [0.15, 0.2) is 0 Å². The van der Waals surface area contributed by atoms with E-state index in [4.69, 9.17) is 0 Å². The van der Waals surface area contributed by atoms with Crippen LogP contribution in [0.5, 0.6) is 0 Å². The third kappa shape index (κ3) is 2.94. The topological polar surface area (TPSA) is 29.9 Å². The van der Waals surface area contributed by atoms with Crippen LogP contribution in [-0.2, 0) is 7.05 Å². The summed E-state index contributed by atoms with van der Waals surface area (Å²) < 4.78 is 2.06. The van der Waals surface area contributed by atoms with Gasteiger partial charge in [0.05, 0.1) is 17.4 Å². The van der Waals surface area contributed by atoms with Crippen molar-refractivity contribution in [2.24, 2.45) is 18.9 Å². The quantitative estimate of drug-likeness (QED) is 0.888. The average molecular weight is 249 g/mol. The molecule has 0 bridgehead atoms. The third-order valence-corrected chi connectivity index (χ3v) is 4.31. The zero-order chi connectivity index (χ0) is 13.1. The molecule has 102 valence electrons. The lowest BCUT2D eigenvalue weighted by Gasteiger charge is -2.33. The van der Waals surface area contributed by atoms with Crippen LogP contribution in [0.1, 0.15) is 57.0 Å². The first kappa shape index (κ1) is 13.6. The molecule has 18 heavy (non-hydrogen) atoms. The Kier molecular flexibility index (Phi) is 4.44. The monoisotopic (exact) mass is 249 g/mol. The van der Waals surface area contributed by atoms with Gasteiger partial charge in [0.25, 0.3) is 0 Å². The molecule has 0 spiro atoms. The highest BCUT2D eigenvalue weighted by molar-refractivity contribution is 5.14. The molecular weight excluding hydrogens is 222 g/mol. The maximum atomic E-state index is 4.50. The first-order valence-electron chi connectivity index (χ1n) is 7.35. The van der Waals surface area contributed by atoms with E-state index in [9.17, 15) is 0 Å². The second kappa shape index (κ2) is 5.87. The van der Waals surface area contributed by atoms with Gasteiger partial charge in [-0.05, 0) is 44.2 Å². The molecule has 1 aromatic rings. The van der Waals surface area contributed by atoms with E-state index in [0.29, 0.717) is 6.04 Å². The Balaban J connectivity index is 2.15. The van der Waals surface area contributed by atoms with Crippen LogP contribution in [0.4, 0.5) is 0 Å². The summed E-state index contributed by atoms with van der Waals surface area (Å²) in [6, 6.07) is 2.72. The number of rotatable bonds is 4. The molecule has 1 heterocycles. The van der Waals surface area contributed by atoms with E-state index in [-0.39, 0.29) is 0 Å². The van der Waals surface area contributed by atoms with Crippen molar-refractivity contribution in [3.63, 3.8) is 0 Å². The maximum Gasteiger partial charge on any atom is 0.0597 e. The Hall–Kier alpha value is -0.830. The van der Waals surface area contributed by atoms with Crippen LogP contribution in [0.25, 0.3) is 0 Å². The van der Waals surface area contributed by atoms with Gasteiger partial charge in [-0.25, -0.2) is 0 Å². The Bertz CT molecular complexity index is 375. The number of hydrogen-bond acceptors (Lipinski definition) is 2. The molecular formula is C15H27N3. The number of nitrogens with zero attached hydrogens (tertiary/aromatic N) is 2. The molecule has 0 amide bonds. The molecule has 1 saturated carbocycles. The average Bonchev–Trinajstić information content (AvgIpc) is 2.67. The first-order valence-corrected chi connectivity index (χ1v) is 7.35. The molecule has 3 heteroatoms. The highest BCUT2D eigenvalue weighted by Crippen LogP contribution is 2.36. The summed E-state index contributed by atoms with van der Waals surface area (Å²) in [6.07, 6.45) is 5.46. The molecule has 0 saturated heterocycles. The van der Waals surface area contributed by atoms with Crippen LogP contribution in [0.3, 0.4) is 0 Å². The fraction of sp³-hybridized carbons (Fsp3) is 0.800. The Morgan fingerprint density at radius 2 is 2.06 bits per heavy atom. The molecule has 1 aliphatic rings. The van der Waals surface area contributed by atoms with Gasteiger partial charge in [0, 0.05) is 7.05 Å². The Labute approximate surface area is 111 Å². The lowest BCUT2D eigenvalue weighted by molar-refractivity contribution is 0.227. The molecule has 2 rings (SSSR count). The van der Waals surface area contributed by atoms with Gasteiger partial charge in [-0.2, -0.15) is 5.10 Å². The Morgan fingerprint density at radius 1 is 1.39 bits per heavy atom. The van der Waals surface area contributed by atoms with Gasteiger partial charge in [0.1, 0.15) is 0 Å². The predicted molar refractivity (Wildman–Crippen MR) is 75.5 cm³/mol. The smallest absolute Gasteiger partial charge is 0.0597 e. The van der Waals surface area contributed by atoms with Crippen molar-refractivity contribution in [1.29, 1.82) is 0 Å². The normalized spacial score (nSPS) is 26.2. The summed E-state index contributed by atoms with van der Waals surface area (Å²) in [7, 11) is 2.07. The SMILES string of the molecule is CCNC(c1cc(C)nn1C)C1CCC(C)CC1. The van der Waals surface area contributed by atoms with Gasteiger partial charge in [-0.1, -0.05) is 26.7 Å². The van der Waals surface area contributed by atoms with E-state index >= 15 is 0 Å². The van der Waals surface area contributed by atoms with E-state index in [1.165, 1.54) is 31.4 Å². The third-order valence-electron chi connectivity index (χ3n) is 4.31. The van der Waals surface area contributed by atoms with Crippen molar-refractivity contribution in [2.75, 3.05) is 6.54 Å². The number of hydrogen-bond donors (Lipinski definition) is 1. The van der Waals surface area contributed by atoms with Gasteiger partial charge in [0.2, 0.25) is 0 Å². The number of nitrogens with one attached hydrogen (secondary N) is 1. The lowest BCUT2D eigenvalue weighted by atomic mass is 9.78. The minimum atomic E-state index is 0.480. The van der Waals surface area contributed by atoms with E-state index in [2.05, 4.69) is 49.0 Å². The standard InChI is InChI=1S/C15H27N3/c1-5-16-15(13-8-6-11(2)7-9-13)14-10-12(3)17-18(14)4/h10-11,13,15-16H,5-9H2,1-4H3. The second-order valence-electron chi connectivity index (χ2n) is 5.89. The molecule has 1 N–H and O–H groups in total. The van der Waals surface area contributed by atoms with Crippen molar-refractivity contribution in [3.8, 4) is 0 Å². The van der Waals surface area contributed by atoms with Crippen molar-refractivity contribution in [1.82, 2.24) is 15.1 Å². The summed E-state index contributed by atoms with van der Waals surface area (Å²) in [5, 5.41) is 8.18. The molecule has 0 aromatic carbocycles. The van der Waals surface area contributed by atoms with E-state index < -0.39 is 0 Å². The van der Waals surface area contributed by atoms with E-state index in [1.54, 1.807) is 0 Å². The number of aryl methyl sites for hydroxylation is 2. The summed E-state index contributed by atoms with van der Waals surface area (Å²) in [6.45, 7) is 7.69. The second-order valence-corrected chi connectivity index (χ2v) is 5.89. The van der Waals surface area contributed by atoms with Gasteiger partial charge < -0.3 is 5.32 Å². The van der Waals surface area contributed by atoms with Gasteiger partial charge in [-0.15, -0.1) is 0 Å². The minimum Gasteiger partial charge on any atom is -0.309 e. The Morgan fingerprint density at radius 3 is 2.56 bits per heavy atom. The van der Waals surface area contributed by atoms with Crippen LogP contribution >= 0.6 is 0 Å². The van der Waals surface area contributed by atoms with Crippen LogP contribution in [0.15, 0.2) is 6.07 Å². The van der Waals surface area contributed by atoms with Gasteiger partial charge >= 0.3 is 0 Å². The number of aromatic nitrogens is 2. The molecule has 0 radical (unpaired) electrons. The highest BCUT2D eigenvalue weighted by atomic mass is 15.3. The molecule has 1 unspecified atom stereocenters. The van der Waals surface area contributed by atoms with E-state index in [0.717, 1.165) is 24.1 Å². The molecule has 3 nitrogen and oxygen atoms in total. The maximum absolute atomic E-state index is 4.50. The van der Waals surface area contributed by atoms with Crippen molar-refractivity contribution < 1.29 is 0 Å². The summed E-state index contributed by atoms with van der Waals surface area (Å²) in [5.41, 5.74) is 2.48. The van der Waals surface area contributed by atoms with Crippen molar-refractivity contribution in [2.45, 2.75) is 52.5 Å². The predicted octanol–water partition coefficient (Wildman–Crippen LogP) is 3.21. The fourth-order valence-corrected chi connectivity index (χ4v) is 3.27. The van der Waals surface area contributed by atoms with E-state index in [1.807, 2.05) is 0 Å². The molecule has 1 fully saturated rings. The van der Waals surface area contributed by atoms with Crippen molar-refractivity contribution >= 4 is 0 Å². The largest absolute Gasteiger partial charge is 0.309 e. The fourth-order valence-electron chi connectivity index (χ4n) is 3.27. The van der Waals surface area contributed by atoms with Gasteiger partial charge in [-0.3, -0.25) is 4.68 Å². The summed E-state index contributed by atoms with van der Waals surface area (Å²) in [4.78, 5) is 0.